The Morgan fingerprint density at radius 2 is 2.00 bits per heavy atom. The van der Waals surface area contributed by atoms with Crippen molar-refractivity contribution in [2.75, 3.05) is 0 Å². The first-order valence-corrected chi connectivity index (χ1v) is 7.88. The summed E-state index contributed by atoms with van der Waals surface area (Å²) in [7, 11) is 0. The average Bonchev–Trinajstić information content (AvgIpc) is 3.19. The molecule has 2 aromatic heterocycles. The second kappa shape index (κ2) is 5.66. The Morgan fingerprint density at radius 3 is 2.91 bits per heavy atom. The molecule has 0 unspecified atom stereocenters. The highest BCUT2D eigenvalue weighted by atomic mass is 32.1. The number of carbonyl (C=O) groups is 1. The predicted molar refractivity (Wildman–Crippen MR) is 93.0 cm³/mol. The van der Waals surface area contributed by atoms with Gasteiger partial charge in [-0.1, -0.05) is 30.3 Å². The van der Waals surface area contributed by atoms with Crippen molar-refractivity contribution >= 4 is 44.6 Å². The molecule has 0 radical (unpaired) electrons. The Balaban J connectivity index is 1.52. The van der Waals surface area contributed by atoms with Crippen molar-refractivity contribution in [3.05, 3.63) is 65.3 Å². The molecule has 6 heteroatoms. The van der Waals surface area contributed by atoms with Gasteiger partial charge in [-0.25, -0.2) is 10.4 Å². The Hall–Kier alpha value is -2.99. The molecule has 112 valence electrons. The number of nitrogens with zero attached hydrogens (tertiary/aromatic N) is 2. The summed E-state index contributed by atoms with van der Waals surface area (Å²) in [5.74, 6) is -0.303. The summed E-state index contributed by atoms with van der Waals surface area (Å²) in [5, 5.41) is 5.50. The highest BCUT2D eigenvalue weighted by molar-refractivity contribution is 7.20. The fourth-order valence-corrected chi connectivity index (χ4v) is 3.23. The minimum atomic E-state index is -0.303. The number of rotatable bonds is 3. The molecule has 4 rings (SSSR count). The maximum absolute atomic E-state index is 12.1. The first-order valence-electron chi connectivity index (χ1n) is 7.06. The van der Waals surface area contributed by atoms with Crippen molar-refractivity contribution < 1.29 is 4.79 Å². The molecule has 1 amide bonds. The van der Waals surface area contributed by atoms with Crippen molar-refractivity contribution in [1.82, 2.24) is 15.4 Å². The van der Waals surface area contributed by atoms with Gasteiger partial charge in [-0.05, 0) is 18.2 Å². The molecule has 0 saturated carbocycles. The maximum atomic E-state index is 12.1. The second-order valence-corrected chi connectivity index (χ2v) is 6.01. The van der Waals surface area contributed by atoms with E-state index in [0.29, 0.717) is 5.01 Å². The van der Waals surface area contributed by atoms with E-state index >= 15 is 0 Å². The number of aromatic amines is 1. The number of benzene rings is 2. The number of amides is 1. The Kier molecular flexibility index (Phi) is 3.36. The molecule has 0 aliphatic carbocycles. The standard InChI is InChI=1S/C17H12N4OS/c22-16(17-20-14-7-3-4-8-15(14)23-17)21-19-10-11-9-18-13-6-2-1-5-12(11)13/h1-10,18H,(H,21,22)/b19-10+. The van der Waals surface area contributed by atoms with Gasteiger partial charge >= 0.3 is 0 Å². The summed E-state index contributed by atoms with van der Waals surface area (Å²) < 4.78 is 0.984. The van der Waals surface area contributed by atoms with Gasteiger partial charge in [-0.2, -0.15) is 5.10 Å². The molecule has 2 aromatic carbocycles. The van der Waals surface area contributed by atoms with Crippen LogP contribution in [0, 0.1) is 0 Å². The van der Waals surface area contributed by atoms with E-state index in [1.165, 1.54) is 11.3 Å². The zero-order valence-electron chi connectivity index (χ0n) is 12.0. The van der Waals surface area contributed by atoms with E-state index in [9.17, 15) is 4.79 Å². The van der Waals surface area contributed by atoms with Crippen LogP contribution in [-0.2, 0) is 0 Å². The van der Waals surface area contributed by atoms with E-state index in [1.54, 1.807) is 6.21 Å². The minimum absolute atomic E-state index is 0.303. The van der Waals surface area contributed by atoms with Gasteiger partial charge in [0.25, 0.3) is 5.91 Å². The first-order chi connectivity index (χ1) is 11.3. The number of thiazole rings is 1. The van der Waals surface area contributed by atoms with Crippen LogP contribution in [0.3, 0.4) is 0 Å². The van der Waals surface area contributed by atoms with Crippen molar-refractivity contribution in [3.63, 3.8) is 0 Å². The smallest absolute Gasteiger partial charge is 0.300 e. The predicted octanol–water partition coefficient (Wildman–Crippen LogP) is 3.54. The van der Waals surface area contributed by atoms with Gasteiger partial charge in [0.1, 0.15) is 0 Å². The lowest BCUT2D eigenvalue weighted by atomic mass is 10.2. The summed E-state index contributed by atoms with van der Waals surface area (Å²) in [4.78, 5) is 19.6. The average molecular weight is 320 g/mol. The van der Waals surface area contributed by atoms with Crippen LogP contribution in [0.4, 0.5) is 0 Å². The monoisotopic (exact) mass is 320 g/mol. The van der Waals surface area contributed by atoms with E-state index in [-0.39, 0.29) is 5.91 Å². The molecule has 0 aliphatic rings. The normalized spacial score (nSPS) is 11.5. The van der Waals surface area contributed by atoms with Gasteiger partial charge in [0.15, 0.2) is 5.01 Å². The van der Waals surface area contributed by atoms with Crippen LogP contribution in [0.2, 0.25) is 0 Å². The molecule has 5 nitrogen and oxygen atoms in total. The van der Waals surface area contributed by atoms with Gasteiger partial charge in [-0.3, -0.25) is 4.79 Å². The van der Waals surface area contributed by atoms with Crippen molar-refractivity contribution in [1.29, 1.82) is 0 Å². The van der Waals surface area contributed by atoms with Gasteiger partial charge in [0.2, 0.25) is 0 Å². The molecule has 2 heterocycles. The number of para-hydroxylation sites is 2. The maximum Gasteiger partial charge on any atom is 0.300 e. The zero-order valence-corrected chi connectivity index (χ0v) is 12.8. The Labute approximate surface area is 135 Å². The molecular formula is C17H12N4OS. The lowest BCUT2D eigenvalue weighted by Gasteiger charge is -1.94. The number of fused-ring (bicyclic) bond motifs is 2. The highest BCUT2D eigenvalue weighted by Crippen LogP contribution is 2.21. The van der Waals surface area contributed by atoms with Crippen molar-refractivity contribution in [3.8, 4) is 0 Å². The summed E-state index contributed by atoms with van der Waals surface area (Å²) in [5.41, 5.74) is 5.31. The van der Waals surface area contributed by atoms with E-state index in [1.807, 2.05) is 54.7 Å². The largest absolute Gasteiger partial charge is 0.361 e. The number of hydrazone groups is 1. The van der Waals surface area contributed by atoms with Crippen LogP contribution in [0.1, 0.15) is 15.4 Å². The summed E-state index contributed by atoms with van der Waals surface area (Å²) in [6.45, 7) is 0. The Morgan fingerprint density at radius 1 is 1.17 bits per heavy atom. The number of aromatic nitrogens is 2. The zero-order chi connectivity index (χ0) is 15.6. The summed E-state index contributed by atoms with van der Waals surface area (Å²) in [6.07, 6.45) is 3.49. The van der Waals surface area contributed by atoms with E-state index < -0.39 is 0 Å². The topological polar surface area (TPSA) is 70.1 Å². The van der Waals surface area contributed by atoms with Gasteiger partial charge in [0.05, 0.1) is 16.4 Å². The first kappa shape index (κ1) is 13.7. The van der Waals surface area contributed by atoms with Crippen LogP contribution in [0.5, 0.6) is 0 Å². The molecule has 4 aromatic rings. The van der Waals surface area contributed by atoms with E-state index in [4.69, 9.17) is 0 Å². The lowest BCUT2D eigenvalue weighted by Crippen LogP contribution is -2.17. The molecule has 0 atom stereocenters. The number of carbonyl (C=O) groups excluding carboxylic acids is 1. The molecule has 2 N–H and O–H groups in total. The van der Waals surface area contributed by atoms with Gasteiger partial charge in [-0.15, -0.1) is 11.3 Å². The fourth-order valence-electron chi connectivity index (χ4n) is 2.38. The molecular weight excluding hydrogens is 308 g/mol. The SMILES string of the molecule is O=C(N/N=C/c1c[nH]c2ccccc12)c1nc2ccccc2s1. The number of hydrogen-bond donors (Lipinski definition) is 2. The fraction of sp³-hybridized carbons (Fsp3) is 0. The van der Waals surface area contributed by atoms with Crippen molar-refractivity contribution in [2.24, 2.45) is 5.10 Å². The third-order valence-electron chi connectivity index (χ3n) is 3.48. The van der Waals surface area contributed by atoms with Crippen LogP contribution in [-0.4, -0.2) is 22.1 Å². The van der Waals surface area contributed by atoms with Gasteiger partial charge in [0, 0.05) is 22.7 Å². The molecule has 0 spiro atoms. The quantitative estimate of drug-likeness (QED) is 0.448. The molecule has 0 aliphatic heterocycles. The molecule has 0 fully saturated rings. The highest BCUT2D eigenvalue weighted by Gasteiger charge is 2.11. The van der Waals surface area contributed by atoms with Crippen LogP contribution in [0.25, 0.3) is 21.1 Å². The number of nitrogens with one attached hydrogen (secondary N) is 2. The van der Waals surface area contributed by atoms with Crippen LogP contribution >= 0.6 is 11.3 Å². The van der Waals surface area contributed by atoms with Crippen LogP contribution in [0.15, 0.2) is 59.8 Å². The summed E-state index contributed by atoms with van der Waals surface area (Å²) >= 11 is 1.35. The lowest BCUT2D eigenvalue weighted by molar-refractivity contribution is 0.0955. The molecule has 0 saturated heterocycles. The number of hydrogen-bond acceptors (Lipinski definition) is 4. The van der Waals surface area contributed by atoms with E-state index in [2.05, 4.69) is 20.5 Å². The van der Waals surface area contributed by atoms with E-state index in [0.717, 1.165) is 26.7 Å². The molecule has 23 heavy (non-hydrogen) atoms. The third kappa shape index (κ3) is 2.60. The Bertz CT molecular complexity index is 998. The minimum Gasteiger partial charge on any atom is -0.361 e. The molecule has 0 bridgehead atoms. The third-order valence-corrected chi connectivity index (χ3v) is 4.51. The number of H-pyrrole nitrogens is 1. The van der Waals surface area contributed by atoms with Crippen LogP contribution < -0.4 is 5.43 Å². The van der Waals surface area contributed by atoms with Gasteiger partial charge < -0.3 is 4.98 Å². The van der Waals surface area contributed by atoms with Crippen molar-refractivity contribution in [2.45, 2.75) is 0 Å². The summed E-state index contributed by atoms with van der Waals surface area (Å²) in [6, 6.07) is 15.6. The second-order valence-electron chi connectivity index (χ2n) is 4.98.